The number of benzene rings is 1. The van der Waals surface area contributed by atoms with Crippen molar-refractivity contribution < 1.29 is 25.2 Å². The number of nitrogens with zero attached hydrogens (tertiary/aromatic N) is 3. The van der Waals surface area contributed by atoms with Crippen LogP contribution in [0.2, 0.25) is 0 Å². The number of amidine groups is 1. The van der Waals surface area contributed by atoms with Gasteiger partial charge in [-0.1, -0.05) is 0 Å². The Morgan fingerprint density at radius 1 is 1.23 bits per heavy atom. The lowest BCUT2D eigenvalue weighted by Crippen LogP contribution is -2.50. The predicted octanol–water partition coefficient (Wildman–Crippen LogP) is 0.558. The second-order valence-electron chi connectivity index (χ2n) is 7.52. The summed E-state index contributed by atoms with van der Waals surface area (Å²) in [5.74, 6) is 1.21. The molecule has 1 aliphatic heterocycles. The van der Waals surface area contributed by atoms with Gasteiger partial charge in [-0.3, -0.25) is 10.7 Å². The van der Waals surface area contributed by atoms with Crippen LogP contribution in [-0.2, 0) is 10.3 Å². The molecule has 1 aliphatic rings. The smallest absolute Gasteiger partial charge is 0.411 e. The van der Waals surface area contributed by atoms with Gasteiger partial charge in [0, 0.05) is 30.4 Å². The first-order chi connectivity index (χ1) is 14.8. The lowest BCUT2D eigenvalue weighted by atomic mass is 10.0. The fourth-order valence-electron chi connectivity index (χ4n) is 2.95. The van der Waals surface area contributed by atoms with Crippen molar-refractivity contribution in [3.8, 4) is 11.4 Å². The van der Waals surface area contributed by atoms with Crippen molar-refractivity contribution in [3.05, 3.63) is 48.4 Å². The van der Waals surface area contributed by atoms with E-state index in [1.54, 1.807) is 44.2 Å². The van der Waals surface area contributed by atoms with E-state index >= 15 is 0 Å². The quantitative estimate of drug-likeness (QED) is 0.266. The fraction of sp³-hybridized carbons (Fsp3) is 0.333. The second-order valence-corrected chi connectivity index (χ2v) is 7.52. The highest BCUT2D eigenvalue weighted by Gasteiger charge is 2.23. The topological polar surface area (TPSA) is 145 Å². The van der Waals surface area contributed by atoms with Gasteiger partial charge in [-0.25, -0.2) is 14.8 Å². The predicted molar refractivity (Wildman–Crippen MR) is 117 cm³/mol. The van der Waals surface area contributed by atoms with Crippen molar-refractivity contribution in [2.75, 3.05) is 36.5 Å². The standard InChI is InChI=1S/C21H26N6O4/c1-21(2,30)16-13-18(27-8-11-31-12-9-27)26-19(24-16)14-3-5-15(6-4-14)23-20(29)25-17(22)7-10-28/h3-7,10,13,28,30H,8-9,11-12H2,1-2H3,(H3,22,23,25,29)/p+1/b10-7-. The molecule has 2 amide bonds. The highest BCUT2D eigenvalue weighted by Crippen LogP contribution is 2.27. The third-order valence-electron chi connectivity index (χ3n) is 4.59. The second kappa shape index (κ2) is 9.54. The zero-order chi connectivity index (χ0) is 22.4. The normalized spacial score (nSPS) is 14.5. The maximum Gasteiger partial charge on any atom is 0.411 e. The number of aromatic nitrogens is 2. The van der Waals surface area contributed by atoms with Gasteiger partial charge >= 0.3 is 6.03 Å². The van der Waals surface area contributed by atoms with E-state index in [2.05, 4.69) is 25.5 Å². The minimum Gasteiger partial charge on any atom is -0.515 e. The molecule has 6 N–H and O–H groups in total. The average molecular weight is 427 g/mol. The molecule has 2 aromatic rings. The number of morpholine rings is 1. The number of ether oxygens (including phenoxy) is 1. The molecule has 0 radical (unpaired) electrons. The Morgan fingerprint density at radius 3 is 2.52 bits per heavy atom. The van der Waals surface area contributed by atoms with E-state index in [1.165, 1.54) is 0 Å². The van der Waals surface area contributed by atoms with Gasteiger partial charge in [0.2, 0.25) is 0 Å². The van der Waals surface area contributed by atoms with Gasteiger partial charge in [-0.05, 0) is 38.1 Å². The molecule has 1 aromatic carbocycles. The molecule has 0 saturated carbocycles. The average Bonchev–Trinajstić information content (AvgIpc) is 2.74. The molecule has 1 saturated heterocycles. The monoisotopic (exact) mass is 427 g/mol. The lowest BCUT2D eigenvalue weighted by Gasteiger charge is -2.29. The summed E-state index contributed by atoms with van der Waals surface area (Å²) in [6.45, 7) is 6.03. The Morgan fingerprint density at radius 2 is 1.90 bits per heavy atom. The zero-order valence-corrected chi connectivity index (χ0v) is 17.5. The maximum absolute atomic E-state index is 11.9. The highest BCUT2D eigenvalue weighted by atomic mass is 16.5. The number of aliphatic hydroxyl groups excluding tert-OH is 1. The first kappa shape index (κ1) is 22.2. The van der Waals surface area contributed by atoms with E-state index in [1.807, 2.05) is 0 Å². The number of hydrogen-bond acceptors (Lipinski definition) is 7. The van der Waals surface area contributed by atoms with E-state index in [-0.39, 0.29) is 5.84 Å². The molecule has 1 aromatic heterocycles. The minimum atomic E-state index is -1.13. The number of carbonyl (C=O) groups excluding carboxylic acids is 1. The number of rotatable bonds is 5. The highest BCUT2D eigenvalue weighted by molar-refractivity contribution is 6.05. The zero-order valence-electron chi connectivity index (χ0n) is 17.5. The summed E-state index contributed by atoms with van der Waals surface area (Å²) in [4.78, 5) is 23.3. The Labute approximate surface area is 180 Å². The number of carbonyl (C=O) groups is 1. The van der Waals surface area contributed by atoms with Crippen LogP contribution >= 0.6 is 0 Å². The van der Waals surface area contributed by atoms with Crippen molar-refractivity contribution in [2.24, 2.45) is 0 Å². The van der Waals surface area contributed by atoms with E-state index < -0.39 is 11.6 Å². The summed E-state index contributed by atoms with van der Waals surface area (Å²) in [7, 11) is 0. The summed E-state index contributed by atoms with van der Waals surface area (Å²) < 4.78 is 5.42. The molecule has 0 spiro atoms. The van der Waals surface area contributed by atoms with Gasteiger partial charge in [-0.15, -0.1) is 0 Å². The van der Waals surface area contributed by atoms with Gasteiger partial charge in [-0.2, -0.15) is 5.32 Å². The van der Waals surface area contributed by atoms with Crippen LogP contribution in [0.1, 0.15) is 19.5 Å². The maximum atomic E-state index is 11.9. The number of nitrogens with one attached hydrogen (secondary N) is 2. The molecule has 10 nitrogen and oxygen atoms in total. The van der Waals surface area contributed by atoms with Crippen molar-refractivity contribution >= 4 is 23.4 Å². The van der Waals surface area contributed by atoms with Crippen molar-refractivity contribution in [2.45, 2.75) is 19.4 Å². The molecule has 31 heavy (non-hydrogen) atoms. The summed E-state index contributed by atoms with van der Waals surface area (Å²) >= 11 is 0. The van der Waals surface area contributed by atoms with Crippen molar-refractivity contribution in [1.82, 2.24) is 15.3 Å². The van der Waals surface area contributed by atoms with Gasteiger partial charge < -0.3 is 19.8 Å². The number of aliphatic hydroxyl groups is 2. The summed E-state index contributed by atoms with van der Waals surface area (Å²) in [5.41, 5.74) is 0.663. The SMILES string of the molecule is CC(C)(O)c1cc(N2CCOCC2)nc(-c2ccc(NC(=O)NC(=[NH2+])/C=C\O)cc2)n1. The van der Waals surface area contributed by atoms with Gasteiger partial charge in [0.1, 0.15) is 11.4 Å². The number of hydrogen-bond donors (Lipinski definition) is 5. The Balaban J connectivity index is 1.82. The molecule has 10 heteroatoms. The number of urea groups is 1. The third-order valence-corrected chi connectivity index (χ3v) is 4.59. The Kier molecular flexibility index (Phi) is 6.83. The minimum absolute atomic E-state index is 0.00379. The lowest BCUT2D eigenvalue weighted by molar-refractivity contribution is -0.115. The van der Waals surface area contributed by atoms with Crippen LogP contribution in [0.3, 0.4) is 0 Å². The van der Waals surface area contributed by atoms with Gasteiger partial charge in [0.05, 0.1) is 31.2 Å². The first-order valence-electron chi connectivity index (χ1n) is 9.82. The molecule has 0 atom stereocenters. The van der Waals surface area contributed by atoms with Crippen LogP contribution in [0.25, 0.3) is 11.4 Å². The van der Waals surface area contributed by atoms with Gasteiger partial charge in [0.25, 0.3) is 5.84 Å². The van der Waals surface area contributed by atoms with E-state index in [4.69, 9.17) is 15.3 Å². The Hall–Kier alpha value is -3.50. The molecular formula is C21H27N6O4+. The van der Waals surface area contributed by atoms with E-state index in [9.17, 15) is 9.90 Å². The third kappa shape index (κ3) is 6.00. The van der Waals surface area contributed by atoms with Crippen molar-refractivity contribution in [3.63, 3.8) is 0 Å². The number of amides is 2. The molecule has 164 valence electrons. The van der Waals surface area contributed by atoms with Crippen LogP contribution in [-0.4, -0.2) is 58.4 Å². The number of nitrogens with two attached hydrogens (primary N) is 1. The first-order valence-corrected chi connectivity index (χ1v) is 9.82. The Bertz CT molecular complexity index is 963. The van der Waals surface area contributed by atoms with E-state index in [0.717, 1.165) is 23.7 Å². The number of anilines is 2. The fourth-order valence-corrected chi connectivity index (χ4v) is 2.95. The van der Waals surface area contributed by atoms with E-state index in [0.29, 0.717) is 43.5 Å². The summed E-state index contributed by atoms with van der Waals surface area (Å²) in [6.07, 6.45) is 1.89. The van der Waals surface area contributed by atoms with Crippen LogP contribution in [0.4, 0.5) is 16.3 Å². The van der Waals surface area contributed by atoms with Crippen molar-refractivity contribution in [1.29, 1.82) is 0 Å². The molecule has 0 bridgehead atoms. The summed E-state index contributed by atoms with van der Waals surface area (Å²) in [6, 6.07) is 8.24. The summed E-state index contributed by atoms with van der Waals surface area (Å²) in [5, 5.41) is 29.7. The molecule has 1 fully saturated rings. The van der Waals surface area contributed by atoms with Crippen LogP contribution in [0.15, 0.2) is 42.7 Å². The molecule has 0 aliphatic carbocycles. The van der Waals surface area contributed by atoms with Crippen LogP contribution in [0, 0.1) is 0 Å². The molecular weight excluding hydrogens is 400 g/mol. The van der Waals surface area contributed by atoms with Crippen LogP contribution in [0.5, 0.6) is 0 Å². The molecule has 3 rings (SSSR count). The van der Waals surface area contributed by atoms with Gasteiger partial charge in [0.15, 0.2) is 5.82 Å². The largest absolute Gasteiger partial charge is 0.515 e. The van der Waals surface area contributed by atoms with Crippen LogP contribution < -0.4 is 20.9 Å². The molecule has 0 unspecified atom stereocenters. The molecule has 2 heterocycles.